The smallest absolute Gasteiger partial charge is 0.458 e. The summed E-state index contributed by atoms with van der Waals surface area (Å²) in [5.41, 5.74) is -3.87. The molecule has 0 aromatic heterocycles. The lowest BCUT2D eigenvalue weighted by molar-refractivity contribution is -0.316. The summed E-state index contributed by atoms with van der Waals surface area (Å²) in [6, 6.07) is -0.306. The highest BCUT2D eigenvalue weighted by Gasteiger charge is 2.61. The van der Waals surface area contributed by atoms with Crippen molar-refractivity contribution in [2.45, 2.75) is 185 Å². The number of hydrogen-bond donors (Lipinski definition) is 2. The molecular formula is C38H65NO15S. The van der Waals surface area contributed by atoms with Crippen molar-refractivity contribution in [3.05, 3.63) is 0 Å². The van der Waals surface area contributed by atoms with Crippen LogP contribution in [0.2, 0.25) is 0 Å². The molecule has 0 spiro atoms. The number of fused-ring (bicyclic) bond motifs is 4. The first-order valence-corrected chi connectivity index (χ1v) is 20.7. The molecule has 318 valence electrons. The minimum absolute atomic E-state index is 0.116. The van der Waals surface area contributed by atoms with Crippen LogP contribution in [-0.2, 0) is 62.4 Å². The van der Waals surface area contributed by atoms with Crippen molar-refractivity contribution in [3.63, 3.8) is 0 Å². The van der Waals surface area contributed by atoms with Crippen molar-refractivity contribution in [2.75, 3.05) is 21.2 Å². The van der Waals surface area contributed by atoms with Crippen molar-refractivity contribution >= 4 is 23.5 Å². The highest BCUT2D eigenvalue weighted by Crippen LogP contribution is 2.47. The number of esters is 1. The lowest BCUT2D eigenvalue weighted by Crippen LogP contribution is -2.61. The molecule has 17 heteroatoms. The number of cyclic esters (lactones) is 1. The van der Waals surface area contributed by atoms with Crippen molar-refractivity contribution in [1.82, 2.24) is 4.90 Å². The minimum atomic E-state index is -2.34. The van der Waals surface area contributed by atoms with Crippen LogP contribution in [0, 0.1) is 23.7 Å². The number of carbonyl (C=O) groups excluding carboxylic acids is 2. The Morgan fingerprint density at radius 2 is 1.62 bits per heavy atom. The fourth-order valence-electron chi connectivity index (χ4n) is 9.70. The average Bonchev–Trinajstić information content (AvgIpc) is 3.36. The van der Waals surface area contributed by atoms with Gasteiger partial charge in [0.15, 0.2) is 24.3 Å². The second-order valence-corrected chi connectivity index (χ2v) is 18.2. The van der Waals surface area contributed by atoms with Crippen LogP contribution in [0.1, 0.15) is 94.9 Å². The molecule has 5 fully saturated rings. The Morgan fingerprint density at radius 3 is 2.24 bits per heavy atom. The van der Waals surface area contributed by atoms with E-state index >= 15 is 0 Å². The Bertz CT molecular complexity index is 1390. The standard InChI is InChI=1S/C38H65NO15S/c1-14-25-38(10)32(51-35(43)52-38)20(4)28-18(2)16-37(9,54-55(44)53-28)31(50-34-27(40)24(39(11)12)15-19(3)46-34)21(5)29(22(6)33(42)48-25)49-26-17-36(8,45-13)30(41)23(7)47-26/h18-32,34,40-41H,14-17H2,1-13H3/t18-,19-,20+,21+,22-,23-,24+,25-,26+,27-,28+,29+,30-,31-,32-,34+,36+,37+,38-,55?/m1/s1. The zero-order valence-electron chi connectivity index (χ0n) is 34.6. The van der Waals surface area contributed by atoms with Crippen LogP contribution in [0.15, 0.2) is 0 Å². The Morgan fingerprint density at radius 1 is 0.945 bits per heavy atom. The van der Waals surface area contributed by atoms with Gasteiger partial charge in [0.25, 0.3) is 0 Å². The third kappa shape index (κ3) is 8.77. The summed E-state index contributed by atoms with van der Waals surface area (Å²) in [7, 11) is 5.25. The SMILES string of the molecule is CC[C@H]1OC(=O)[C@H](C)[C@@H](O[C@H]2C[C@](C)(OC)[C@H](O)[C@@H](C)O2)[C@H](C)[C@@H](O[C@@H]2O[C@H](C)C[C@H](N(C)C)[C@H]2O)[C@]2(C)C[C@@H](C)[C@H](OS(=O)O2)[C@H](C)[C@H]2OC(=O)O[C@@]21C. The highest BCUT2D eigenvalue weighted by atomic mass is 32.2. The van der Waals surface area contributed by atoms with E-state index in [0.29, 0.717) is 6.42 Å². The summed E-state index contributed by atoms with van der Waals surface area (Å²) in [5, 5.41) is 22.7. The lowest BCUT2D eigenvalue weighted by Gasteiger charge is -2.49. The first-order valence-electron chi connectivity index (χ1n) is 19.7. The average molecular weight is 808 g/mol. The summed E-state index contributed by atoms with van der Waals surface area (Å²) < 4.78 is 76.2. The number of aliphatic hydroxyl groups is 2. The van der Waals surface area contributed by atoms with Gasteiger partial charge in [-0.15, -0.1) is 0 Å². The fraction of sp³-hybridized carbons (Fsp3) is 0.947. The lowest BCUT2D eigenvalue weighted by atomic mass is 9.73. The molecule has 5 aliphatic heterocycles. The van der Waals surface area contributed by atoms with Gasteiger partial charge in [0, 0.05) is 31.4 Å². The predicted octanol–water partition coefficient (Wildman–Crippen LogP) is 3.40. The molecule has 0 aromatic rings. The maximum Gasteiger partial charge on any atom is 0.509 e. The number of ether oxygens (including phenoxy) is 8. The van der Waals surface area contributed by atoms with Crippen molar-refractivity contribution in [3.8, 4) is 0 Å². The third-order valence-electron chi connectivity index (χ3n) is 12.9. The molecule has 20 atom stereocenters. The summed E-state index contributed by atoms with van der Waals surface area (Å²) in [6.45, 7) is 17.9. The molecule has 2 bridgehead atoms. The molecular weight excluding hydrogens is 742 g/mol. The zero-order valence-corrected chi connectivity index (χ0v) is 35.4. The molecule has 55 heavy (non-hydrogen) atoms. The van der Waals surface area contributed by atoms with Crippen LogP contribution in [0.3, 0.4) is 0 Å². The van der Waals surface area contributed by atoms with Crippen LogP contribution < -0.4 is 0 Å². The van der Waals surface area contributed by atoms with Gasteiger partial charge in [0.05, 0.1) is 42.0 Å². The Hall–Kier alpha value is -1.51. The van der Waals surface area contributed by atoms with Crippen LogP contribution in [0.4, 0.5) is 4.79 Å². The highest BCUT2D eigenvalue weighted by molar-refractivity contribution is 7.75. The summed E-state index contributed by atoms with van der Waals surface area (Å²) in [4.78, 5) is 29.2. The molecule has 0 aromatic carbocycles. The zero-order chi connectivity index (χ0) is 40.9. The molecule has 16 nitrogen and oxygen atoms in total. The van der Waals surface area contributed by atoms with E-state index in [-0.39, 0.29) is 37.3 Å². The molecule has 5 heterocycles. The number of rotatable bonds is 7. The van der Waals surface area contributed by atoms with Crippen LogP contribution in [0.5, 0.6) is 0 Å². The first-order chi connectivity index (χ1) is 25.6. The van der Waals surface area contributed by atoms with E-state index in [4.69, 9.17) is 46.3 Å². The molecule has 5 rings (SSSR count). The van der Waals surface area contributed by atoms with Gasteiger partial charge in [-0.25, -0.2) is 4.79 Å². The molecule has 5 aliphatic rings. The minimum Gasteiger partial charge on any atom is -0.458 e. The summed E-state index contributed by atoms with van der Waals surface area (Å²) in [5.74, 6) is -3.39. The number of hydrogen-bond acceptors (Lipinski definition) is 16. The number of aliphatic hydroxyl groups excluding tert-OH is 2. The molecule has 0 radical (unpaired) electrons. The van der Waals surface area contributed by atoms with Gasteiger partial charge in [-0.3, -0.25) is 13.2 Å². The second-order valence-electron chi connectivity index (χ2n) is 17.4. The maximum absolute atomic E-state index is 14.5. The van der Waals surface area contributed by atoms with E-state index in [1.165, 1.54) is 7.11 Å². The molecule has 0 aliphatic carbocycles. The fourth-order valence-corrected chi connectivity index (χ4v) is 10.8. The van der Waals surface area contributed by atoms with Gasteiger partial charge in [-0.2, -0.15) is 4.21 Å². The first kappa shape index (κ1) is 44.6. The van der Waals surface area contributed by atoms with Gasteiger partial charge in [0.1, 0.15) is 23.9 Å². The quantitative estimate of drug-likeness (QED) is 0.356. The summed E-state index contributed by atoms with van der Waals surface area (Å²) in [6.07, 6.45) is -9.64. The van der Waals surface area contributed by atoms with Gasteiger partial charge in [-0.05, 0) is 80.8 Å². The second kappa shape index (κ2) is 17.0. The molecule has 0 saturated carbocycles. The van der Waals surface area contributed by atoms with E-state index in [1.807, 2.05) is 53.6 Å². The van der Waals surface area contributed by atoms with Crippen molar-refractivity contribution in [1.29, 1.82) is 0 Å². The Kier molecular flexibility index (Phi) is 13.8. The topological polar surface area (TPSA) is 187 Å². The normalized spacial score (nSPS) is 51.4. The van der Waals surface area contributed by atoms with Gasteiger partial charge in [-0.1, -0.05) is 27.7 Å². The predicted molar refractivity (Wildman–Crippen MR) is 196 cm³/mol. The van der Waals surface area contributed by atoms with Crippen molar-refractivity contribution < 1.29 is 70.3 Å². The molecule has 5 saturated heterocycles. The third-order valence-corrected chi connectivity index (χ3v) is 13.8. The van der Waals surface area contributed by atoms with E-state index in [1.54, 1.807) is 34.6 Å². The molecule has 1 unspecified atom stereocenters. The van der Waals surface area contributed by atoms with E-state index in [2.05, 4.69) is 0 Å². The van der Waals surface area contributed by atoms with Crippen molar-refractivity contribution in [2.24, 2.45) is 23.7 Å². The Balaban J connectivity index is 1.65. The van der Waals surface area contributed by atoms with Gasteiger partial charge in [0.2, 0.25) is 0 Å². The van der Waals surface area contributed by atoms with E-state index in [9.17, 15) is 24.0 Å². The molecule has 0 amide bonds. The van der Waals surface area contributed by atoms with E-state index < -0.39 is 119 Å². The number of nitrogens with zero attached hydrogens (tertiary/aromatic N) is 1. The van der Waals surface area contributed by atoms with Crippen LogP contribution in [-0.4, -0.2) is 143 Å². The number of carbonyl (C=O) groups is 2. The van der Waals surface area contributed by atoms with Gasteiger partial charge < -0.3 is 53.0 Å². The number of likely N-dealkylation sites (N-methyl/N-ethyl adjacent to an activating group) is 1. The summed E-state index contributed by atoms with van der Waals surface area (Å²) >= 11 is -2.34. The van der Waals surface area contributed by atoms with Crippen LogP contribution in [0.25, 0.3) is 0 Å². The van der Waals surface area contributed by atoms with Gasteiger partial charge >= 0.3 is 23.5 Å². The largest absolute Gasteiger partial charge is 0.509 e. The van der Waals surface area contributed by atoms with Crippen LogP contribution >= 0.6 is 0 Å². The monoisotopic (exact) mass is 807 g/mol. The van der Waals surface area contributed by atoms with E-state index in [0.717, 1.165) is 0 Å². The maximum atomic E-state index is 14.5. The Labute approximate surface area is 328 Å². The molecule has 2 N–H and O–H groups in total. The number of methoxy groups -OCH3 is 1.